The van der Waals surface area contributed by atoms with Crippen molar-refractivity contribution in [2.45, 2.75) is 45.1 Å². The van der Waals surface area contributed by atoms with Crippen LogP contribution >= 0.6 is 0 Å². The largest absolute Gasteiger partial charge is 0.493 e. The molecule has 3 rings (SSSR count). The van der Waals surface area contributed by atoms with Crippen LogP contribution < -0.4 is 4.74 Å². The fourth-order valence-electron chi connectivity index (χ4n) is 3.23. The van der Waals surface area contributed by atoms with Crippen LogP contribution in [-0.2, 0) is 11.2 Å². The van der Waals surface area contributed by atoms with Gasteiger partial charge in [-0.1, -0.05) is 0 Å². The van der Waals surface area contributed by atoms with Crippen molar-refractivity contribution in [2.24, 2.45) is 0 Å². The standard InChI is InChI=1S/C18H25NO3/c1-2-19(13-16-7-3-4-10-21-16)18(20)15-8-9-17-14(12-15)6-5-11-22-17/h8-9,12,16H,2-7,10-11,13H2,1H3. The Hall–Kier alpha value is -1.55. The van der Waals surface area contributed by atoms with E-state index in [9.17, 15) is 4.79 Å². The van der Waals surface area contributed by atoms with E-state index >= 15 is 0 Å². The van der Waals surface area contributed by atoms with Crippen LogP contribution in [0.25, 0.3) is 0 Å². The van der Waals surface area contributed by atoms with Gasteiger partial charge in [0.05, 0.1) is 12.7 Å². The molecule has 2 aliphatic rings. The molecule has 4 nitrogen and oxygen atoms in total. The van der Waals surface area contributed by atoms with Crippen LogP contribution in [0.4, 0.5) is 0 Å². The summed E-state index contributed by atoms with van der Waals surface area (Å²) in [6.45, 7) is 5.05. The summed E-state index contributed by atoms with van der Waals surface area (Å²) in [5.41, 5.74) is 1.92. The molecule has 0 radical (unpaired) electrons. The van der Waals surface area contributed by atoms with Crippen LogP contribution in [0.15, 0.2) is 18.2 Å². The van der Waals surface area contributed by atoms with Crippen molar-refractivity contribution >= 4 is 5.91 Å². The highest BCUT2D eigenvalue weighted by atomic mass is 16.5. The number of carbonyl (C=O) groups is 1. The third-order valence-corrected chi connectivity index (χ3v) is 4.52. The van der Waals surface area contributed by atoms with E-state index in [-0.39, 0.29) is 12.0 Å². The number of rotatable bonds is 4. The Balaban J connectivity index is 1.70. The zero-order valence-electron chi connectivity index (χ0n) is 13.3. The molecule has 120 valence electrons. The maximum absolute atomic E-state index is 12.8. The molecule has 4 heteroatoms. The van der Waals surface area contributed by atoms with Gasteiger partial charge in [-0.15, -0.1) is 0 Å². The Morgan fingerprint density at radius 3 is 2.95 bits per heavy atom. The molecule has 0 N–H and O–H groups in total. The van der Waals surface area contributed by atoms with Crippen molar-refractivity contribution in [1.82, 2.24) is 4.90 Å². The highest BCUT2D eigenvalue weighted by Crippen LogP contribution is 2.26. The van der Waals surface area contributed by atoms with Crippen LogP contribution in [-0.4, -0.2) is 43.2 Å². The van der Waals surface area contributed by atoms with Crippen molar-refractivity contribution < 1.29 is 14.3 Å². The zero-order valence-corrected chi connectivity index (χ0v) is 13.3. The first-order valence-corrected chi connectivity index (χ1v) is 8.44. The summed E-state index contributed by atoms with van der Waals surface area (Å²) in [6.07, 6.45) is 5.61. The van der Waals surface area contributed by atoms with Crippen LogP contribution in [0.2, 0.25) is 0 Å². The maximum atomic E-state index is 12.8. The van der Waals surface area contributed by atoms with E-state index in [1.807, 2.05) is 30.0 Å². The molecule has 1 atom stereocenters. The highest BCUT2D eigenvalue weighted by Gasteiger charge is 2.22. The molecule has 0 aliphatic carbocycles. The summed E-state index contributed by atoms with van der Waals surface area (Å²) in [7, 11) is 0. The molecular formula is C18H25NO3. The second-order valence-corrected chi connectivity index (χ2v) is 6.11. The van der Waals surface area contributed by atoms with E-state index in [4.69, 9.17) is 9.47 Å². The van der Waals surface area contributed by atoms with Crippen molar-refractivity contribution in [2.75, 3.05) is 26.3 Å². The molecule has 1 fully saturated rings. The lowest BCUT2D eigenvalue weighted by atomic mass is 10.0. The van der Waals surface area contributed by atoms with E-state index in [1.165, 1.54) is 6.42 Å². The monoisotopic (exact) mass is 303 g/mol. The lowest BCUT2D eigenvalue weighted by Crippen LogP contribution is -2.39. The van der Waals surface area contributed by atoms with Gasteiger partial charge in [-0.25, -0.2) is 0 Å². The molecule has 0 saturated carbocycles. The zero-order chi connectivity index (χ0) is 15.4. The number of amides is 1. The van der Waals surface area contributed by atoms with Gasteiger partial charge in [0.15, 0.2) is 0 Å². The lowest BCUT2D eigenvalue weighted by Gasteiger charge is -2.29. The highest BCUT2D eigenvalue weighted by molar-refractivity contribution is 5.94. The molecule has 2 heterocycles. The first kappa shape index (κ1) is 15.3. The molecule has 2 aliphatic heterocycles. The molecule has 22 heavy (non-hydrogen) atoms. The maximum Gasteiger partial charge on any atom is 0.253 e. The average molecular weight is 303 g/mol. The fourth-order valence-corrected chi connectivity index (χ4v) is 3.23. The summed E-state index contributed by atoms with van der Waals surface area (Å²) in [6, 6.07) is 5.82. The van der Waals surface area contributed by atoms with Crippen molar-refractivity contribution in [1.29, 1.82) is 0 Å². The minimum absolute atomic E-state index is 0.102. The molecule has 1 amide bonds. The summed E-state index contributed by atoms with van der Waals surface area (Å²) in [5.74, 6) is 1.03. The van der Waals surface area contributed by atoms with E-state index in [1.54, 1.807) is 0 Å². The summed E-state index contributed by atoms with van der Waals surface area (Å²) < 4.78 is 11.4. The topological polar surface area (TPSA) is 38.8 Å². The number of aryl methyl sites for hydroxylation is 1. The Morgan fingerprint density at radius 1 is 1.27 bits per heavy atom. The van der Waals surface area contributed by atoms with Crippen LogP contribution in [0.5, 0.6) is 5.75 Å². The van der Waals surface area contributed by atoms with Gasteiger partial charge in [-0.2, -0.15) is 0 Å². The Bertz CT molecular complexity index is 523. The van der Waals surface area contributed by atoms with E-state index in [0.717, 1.165) is 55.8 Å². The molecule has 1 saturated heterocycles. The number of hydrogen-bond donors (Lipinski definition) is 0. The van der Waals surface area contributed by atoms with Gasteiger partial charge < -0.3 is 14.4 Å². The first-order chi connectivity index (χ1) is 10.8. The second kappa shape index (κ2) is 7.14. The molecule has 1 unspecified atom stereocenters. The van der Waals surface area contributed by atoms with Crippen molar-refractivity contribution in [3.63, 3.8) is 0 Å². The molecule has 1 aromatic carbocycles. The smallest absolute Gasteiger partial charge is 0.253 e. The number of nitrogens with zero attached hydrogens (tertiary/aromatic N) is 1. The van der Waals surface area contributed by atoms with Crippen LogP contribution in [0.1, 0.15) is 48.5 Å². The Kier molecular flexibility index (Phi) is 4.98. The van der Waals surface area contributed by atoms with Gasteiger partial charge in [-0.3, -0.25) is 4.79 Å². The normalized spacial score (nSPS) is 20.9. The number of fused-ring (bicyclic) bond motifs is 1. The molecule has 0 bridgehead atoms. The van der Waals surface area contributed by atoms with Crippen LogP contribution in [0, 0.1) is 0 Å². The fraction of sp³-hybridized carbons (Fsp3) is 0.611. The third kappa shape index (κ3) is 3.43. The van der Waals surface area contributed by atoms with Gasteiger partial charge in [0, 0.05) is 25.3 Å². The first-order valence-electron chi connectivity index (χ1n) is 8.44. The molecule has 1 aromatic rings. The van der Waals surface area contributed by atoms with Gasteiger partial charge in [-0.05, 0) is 62.8 Å². The van der Waals surface area contributed by atoms with E-state index in [2.05, 4.69) is 0 Å². The molecule has 0 spiro atoms. The predicted octanol–water partition coefficient (Wildman–Crippen LogP) is 3.04. The SMILES string of the molecule is CCN(CC1CCCCO1)C(=O)c1ccc2c(c1)CCCO2. The van der Waals surface area contributed by atoms with Gasteiger partial charge in [0.1, 0.15) is 5.75 Å². The van der Waals surface area contributed by atoms with Gasteiger partial charge in [0.2, 0.25) is 0 Å². The average Bonchev–Trinajstić information content (AvgIpc) is 2.59. The predicted molar refractivity (Wildman–Crippen MR) is 85.4 cm³/mol. The number of carbonyl (C=O) groups excluding carboxylic acids is 1. The summed E-state index contributed by atoms with van der Waals surface area (Å²) in [5, 5.41) is 0. The minimum atomic E-state index is 0.102. The Labute approximate surface area is 132 Å². The quantitative estimate of drug-likeness (QED) is 0.858. The van der Waals surface area contributed by atoms with Crippen LogP contribution in [0.3, 0.4) is 0 Å². The minimum Gasteiger partial charge on any atom is -0.493 e. The van der Waals surface area contributed by atoms with Gasteiger partial charge in [0.25, 0.3) is 5.91 Å². The van der Waals surface area contributed by atoms with Crippen molar-refractivity contribution in [3.05, 3.63) is 29.3 Å². The summed E-state index contributed by atoms with van der Waals surface area (Å²) in [4.78, 5) is 14.7. The second-order valence-electron chi connectivity index (χ2n) is 6.11. The van der Waals surface area contributed by atoms with Crippen molar-refractivity contribution in [3.8, 4) is 5.75 Å². The number of likely N-dealkylation sites (N-methyl/N-ethyl adjacent to an activating group) is 1. The number of ether oxygens (including phenoxy) is 2. The third-order valence-electron chi connectivity index (χ3n) is 4.52. The molecule has 0 aromatic heterocycles. The van der Waals surface area contributed by atoms with E-state index in [0.29, 0.717) is 13.1 Å². The van der Waals surface area contributed by atoms with Gasteiger partial charge >= 0.3 is 0 Å². The molecular weight excluding hydrogens is 278 g/mol. The number of benzene rings is 1. The number of hydrogen-bond acceptors (Lipinski definition) is 3. The Morgan fingerprint density at radius 2 is 2.18 bits per heavy atom. The summed E-state index contributed by atoms with van der Waals surface area (Å²) >= 11 is 0. The van der Waals surface area contributed by atoms with E-state index < -0.39 is 0 Å². The lowest BCUT2D eigenvalue weighted by molar-refractivity contribution is -0.00311.